The molecule has 1 aliphatic heterocycles. The number of hydrogen-bond acceptors (Lipinski definition) is 3. The second-order valence-electron chi connectivity index (χ2n) is 4.88. The van der Waals surface area contributed by atoms with E-state index in [4.69, 9.17) is 4.74 Å². The molecule has 0 N–H and O–H groups in total. The molecule has 1 rings (SSSR count). The minimum absolute atomic E-state index is 0.0371. The fraction of sp³-hybridized carbons (Fsp3) is 0.923. The van der Waals surface area contributed by atoms with E-state index in [0.29, 0.717) is 6.61 Å². The number of carbonyl (C=O) groups excluding carboxylic acids is 1. The zero-order valence-electron chi connectivity index (χ0n) is 11.5. The Morgan fingerprint density at radius 2 is 2.29 bits per heavy atom. The van der Waals surface area contributed by atoms with Gasteiger partial charge in [0.15, 0.2) is 0 Å². The molecule has 0 bridgehead atoms. The molecule has 0 radical (unpaired) electrons. The SMILES string of the molecule is CCC[C@]1(COC)CCCN1C(=O)[C@H](C)SC. The van der Waals surface area contributed by atoms with Gasteiger partial charge in [0.2, 0.25) is 5.91 Å². The summed E-state index contributed by atoms with van der Waals surface area (Å²) in [4.78, 5) is 14.5. The summed E-state index contributed by atoms with van der Waals surface area (Å²) in [6, 6.07) is 0. The van der Waals surface area contributed by atoms with Crippen molar-refractivity contribution < 1.29 is 9.53 Å². The first-order valence-electron chi connectivity index (χ1n) is 6.44. The quantitative estimate of drug-likeness (QED) is 0.734. The minimum Gasteiger partial charge on any atom is -0.382 e. The van der Waals surface area contributed by atoms with Crippen molar-refractivity contribution >= 4 is 17.7 Å². The van der Waals surface area contributed by atoms with E-state index in [2.05, 4.69) is 11.8 Å². The van der Waals surface area contributed by atoms with Crippen LogP contribution in [0.2, 0.25) is 0 Å². The standard InChI is InChI=1S/C13H25NO2S/c1-5-7-13(10-16-3)8-6-9-14(13)12(15)11(2)17-4/h11H,5-10H2,1-4H3/t11-,13+/m0/s1. The Balaban J connectivity index is 2.83. The lowest BCUT2D eigenvalue weighted by atomic mass is 9.91. The van der Waals surface area contributed by atoms with Gasteiger partial charge >= 0.3 is 0 Å². The van der Waals surface area contributed by atoms with Crippen molar-refractivity contribution in [2.24, 2.45) is 0 Å². The number of rotatable bonds is 6. The number of likely N-dealkylation sites (tertiary alicyclic amines) is 1. The summed E-state index contributed by atoms with van der Waals surface area (Å²) in [5.74, 6) is 0.278. The minimum atomic E-state index is -0.0371. The van der Waals surface area contributed by atoms with Crippen LogP contribution in [0.3, 0.4) is 0 Å². The van der Waals surface area contributed by atoms with Gasteiger partial charge in [-0.15, -0.1) is 0 Å². The first-order chi connectivity index (χ1) is 8.11. The summed E-state index contributed by atoms with van der Waals surface area (Å²) in [7, 11) is 1.73. The van der Waals surface area contributed by atoms with Crippen LogP contribution in [-0.2, 0) is 9.53 Å². The van der Waals surface area contributed by atoms with Gasteiger partial charge in [0.05, 0.1) is 17.4 Å². The van der Waals surface area contributed by atoms with Crippen molar-refractivity contribution in [2.75, 3.05) is 26.5 Å². The molecule has 4 heteroatoms. The Hall–Kier alpha value is -0.220. The van der Waals surface area contributed by atoms with Gasteiger partial charge < -0.3 is 9.64 Å². The largest absolute Gasteiger partial charge is 0.382 e. The fourth-order valence-electron chi connectivity index (χ4n) is 2.82. The van der Waals surface area contributed by atoms with E-state index in [1.807, 2.05) is 13.2 Å². The van der Waals surface area contributed by atoms with E-state index in [9.17, 15) is 4.79 Å². The Labute approximate surface area is 109 Å². The van der Waals surface area contributed by atoms with Crippen LogP contribution in [0.4, 0.5) is 0 Å². The maximum absolute atomic E-state index is 12.4. The molecule has 3 nitrogen and oxygen atoms in total. The summed E-state index contributed by atoms with van der Waals surface area (Å²) < 4.78 is 5.37. The second-order valence-corrected chi connectivity index (χ2v) is 6.06. The van der Waals surface area contributed by atoms with Crippen LogP contribution in [0, 0.1) is 0 Å². The van der Waals surface area contributed by atoms with Crippen molar-refractivity contribution in [3.63, 3.8) is 0 Å². The van der Waals surface area contributed by atoms with E-state index >= 15 is 0 Å². The van der Waals surface area contributed by atoms with Gasteiger partial charge in [0, 0.05) is 13.7 Å². The molecule has 0 aliphatic carbocycles. The number of methoxy groups -OCH3 is 1. The predicted molar refractivity (Wildman–Crippen MR) is 73.4 cm³/mol. The Bertz CT molecular complexity index is 252. The third-order valence-corrected chi connectivity index (χ3v) is 4.60. The fourth-order valence-corrected chi connectivity index (χ4v) is 3.15. The Morgan fingerprint density at radius 1 is 1.59 bits per heavy atom. The van der Waals surface area contributed by atoms with Gasteiger partial charge in [-0.2, -0.15) is 11.8 Å². The maximum Gasteiger partial charge on any atom is 0.235 e. The number of ether oxygens (including phenoxy) is 1. The predicted octanol–water partition coefficient (Wildman–Crippen LogP) is 2.55. The van der Waals surface area contributed by atoms with Crippen LogP contribution in [0.1, 0.15) is 39.5 Å². The molecule has 2 atom stereocenters. The van der Waals surface area contributed by atoms with Crippen LogP contribution in [0.15, 0.2) is 0 Å². The third-order valence-electron chi connectivity index (χ3n) is 3.69. The molecule has 1 heterocycles. The molecule has 1 saturated heterocycles. The number of nitrogens with zero attached hydrogens (tertiary/aromatic N) is 1. The average molecular weight is 259 g/mol. The van der Waals surface area contributed by atoms with Crippen LogP contribution in [0.25, 0.3) is 0 Å². The monoisotopic (exact) mass is 259 g/mol. The highest BCUT2D eigenvalue weighted by atomic mass is 32.2. The Kier molecular flexibility index (Phi) is 5.80. The number of carbonyl (C=O) groups is 1. The molecule has 0 saturated carbocycles. The molecule has 1 fully saturated rings. The zero-order chi connectivity index (χ0) is 12.9. The molecule has 0 spiro atoms. The lowest BCUT2D eigenvalue weighted by Crippen LogP contribution is -2.52. The van der Waals surface area contributed by atoms with Gasteiger partial charge in [-0.3, -0.25) is 4.79 Å². The molecular formula is C13H25NO2S. The molecule has 0 unspecified atom stereocenters. The first-order valence-corrected chi connectivity index (χ1v) is 7.73. The van der Waals surface area contributed by atoms with Crippen LogP contribution in [0.5, 0.6) is 0 Å². The van der Waals surface area contributed by atoms with E-state index in [-0.39, 0.29) is 16.7 Å². The van der Waals surface area contributed by atoms with Crippen LogP contribution in [-0.4, -0.2) is 48.1 Å². The van der Waals surface area contributed by atoms with E-state index < -0.39 is 0 Å². The lowest BCUT2D eigenvalue weighted by Gasteiger charge is -2.39. The van der Waals surface area contributed by atoms with Crippen LogP contribution < -0.4 is 0 Å². The highest BCUT2D eigenvalue weighted by Crippen LogP contribution is 2.35. The van der Waals surface area contributed by atoms with Gasteiger partial charge in [0.1, 0.15) is 0 Å². The topological polar surface area (TPSA) is 29.5 Å². The normalized spacial score (nSPS) is 26.2. The zero-order valence-corrected chi connectivity index (χ0v) is 12.3. The van der Waals surface area contributed by atoms with Gasteiger partial charge in [0.25, 0.3) is 0 Å². The van der Waals surface area contributed by atoms with Crippen molar-refractivity contribution in [3.05, 3.63) is 0 Å². The molecular weight excluding hydrogens is 234 g/mol. The summed E-state index contributed by atoms with van der Waals surface area (Å²) in [5, 5.41) is 0.0567. The summed E-state index contributed by atoms with van der Waals surface area (Å²) in [6.07, 6.45) is 6.34. The molecule has 0 aromatic carbocycles. The van der Waals surface area contributed by atoms with Gasteiger partial charge in [-0.05, 0) is 32.4 Å². The molecule has 1 amide bonds. The second kappa shape index (κ2) is 6.64. The van der Waals surface area contributed by atoms with Gasteiger partial charge in [-0.25, -0.2) is 0 Å². The maximum atomic E-state index is 12.4. The van der Waals surface area contributed by atoms with Crippen molar-refractivity contribution in [3.8, 4) is 0 Å². The Morgan fingerprint density at radius 3 is 2.82 bits per heavy atom. The van der Waals surface area contributed by atoms with Crippen molar-refractivity contribution in [2.45, 2.75) is 50.3 Å². The van der Waals surface area contributed by atoms with Crippen LogP contribution >= 0.6 is 11.8 Å². The molecule has 100 valence electrons. The highest BCUT2D eigenvalue weighted by molar-refractivity contribution is 7.99. The summed E-state index contributed by atoms with van der Waals surface area (Å²) in [6.45, 7) is 5.74. The van der Waals surface area contributed by atoms with E-state index in [1.54, 1.807) is 18.9 Å². The summed E-state index contributed by atoms with van der Waals surface area (Å²) >= 11 is 1.62. The van der Waals surface area contributed by atoms with E-state index in [0.717, 1.165) is 32.2 Å². The van der Waals surface area contributed by atoms with Gasteiger partial charge in [-0.1, -0.05) is 13.3 Å². The lowest BCUT2D eigenvalue weighted by molar-refractivity contribution is -0.136. The third kappa shape index (κ3) is 3.16. The average Bonchev–Trinajstić information content (AvgIpc) is 2.72. The smallest absolute Gasteiger partial charge is 0.235 e. The number of amides is 1. The molecule has 17 heavy (non-hydrogen) atoms. The number of hydrogen-bond donors (Lipinski definition) is 0. The molecule has 0 aromatic rings. The van der Waals surface area contributed by atoms with E-state index in [1.165, 1.54) is 0 Å². The van der Waals surface area contributed by atoms with Crippen molar-refractivity contribution in [1.29, 1.82) is 0 Å². The van der Waals surface area contributed by atoms with Crippen molar-refractivity contribution in [1.82, 2.24) is 4.90 Å². The molecule has 1 aliphatic rings. The number of thioether (sulfide) groups is 1. The first kappa shape index (κ1) is 14.8. The molecule has 0 aromatic heterocycles. The summed E-state index contributed by atoms with van der Waals surface area (Å²) in [5.41, 5.74) is -0.0371. The highest BCUT2D eigenvalue weighted by Gasteiger charge is 2.43.